The molecule has 1 aromatic carbocycles. The SMILES string of the molecule is CC1CC1.CCC(F)(F)F.CCCC(=O)C(N=C1C(F)CC(c2ccccc2)N1C)=C(C)C. The molecule has 2 atom stereocenters. The van der Waals surface area contributed by atoms with Crippen LogP contribution in [0.4, 0.5) is 17.6 Å². The number of likely N-dealkylation sites (tertiary alicyclic amines) is 1. The lowest BCUT2D eigenvalue weighted by Crippen LogP contribution is -2.26. The maximum atomic E-state index is 14.5. The number of ketones is 1. The number of amidine groups is 1. The Morgan fingerprint density at radius 1 is 1.12 bits per heavy atom. The minimum absolute atomic E-state index is 0.0104. The molecular weight excluding hydrogens is 432 g/mol. The zero-order chi connectivity index (χ0) is 25.2. The van der Waals surface area contributed by atoms with Crippen molar-refractivity contribution in [3.63, 3.8) is 0 Å². The van der Waals surface area contributed by atoms with E-state index >= 15 is 0 Å². The van der Waals surface area contributed by atoms with E-state index in [1.807, 2.05) is 63.1 Å². The summed E-state index contributed by atoms with van der Waals surface area (Å²) in [7, 11) is 1.85. The van der Waals surface area contributed by atoms with Crippen molar-refractivity contribution in [2.45, 2.75) is 91.5 Å². The molecule has 1 saturated heterocycles. The number of nitrogens with zero attached hydrogens (tertiary/aromatic N) is 2. The molecular formula is C26H38F4N2O. The maximum Gasteiger partial charge on any atom is 0.388 e. The largest absolute Gasteiger partial charge is 0.388 e. The molecule has 1 aliphatic heterocycles. The molecule has 0 bridgehead atoms. The van der Waals surface area contributed by atoms with E-state index in [-0.39, 0.29) is 11.8 Å². The molecule has 1 saturated carbocycles. The second kappa shape index (κ2) is 13.5. The van der Waals surface area contributed by atoms with Crippen molar-refractivity contribution in [3.8, 4) is 0 Å². The van der Waals surface area contributed by atoms with E-state index in [0.717, 1.165) is 30.4 Å². The Kier molecular flexibility index (Phi) is 11.8. The molecule has 0 spiro atoms. The lowest BCUT2D eigenvalue weighted by atomic mass is 10.0. The van der Waals surface area contributed by atoms with Gasteiger partial charge in [0, 0.05) is 26.3 Å². The average molecular weight is 471 g/mol. The van der Waals surface area contributed by atoms with E-state index in [1.165, 1.54) is 12.8 Å². The second-order valence-corrected chi connectivity index (χ2v) is 8.88. The summed E-state index contributed by atoms with van der Waals surface area (Å²) < 4.78 is 46.9. The van der Waals surface area contributed by atoms with Gasteiger partial charge in [0.2, 0.25) is 0 Å². The number of carbonyl (C=O) groups is 1. The molecule has 186 valence electrons. The van der Waals surface area contributed by atoms with Gasteiger partial charge in [0.25, 0.3) is 0 Å². The van der Waals surface area contributed by atoms with E-state index in [2.05, 4.69) is 11.9 Å². The van der Waals surface area contributed by atoms with Crippen LogP contribution in [0.25, 0.3) is 0 Å². The van der Waals surface area contributed by atoms with Crippen molar-refractivity contribution in [3.05, 3.63) is 47.2 Å². The molecule has 1 aromatic rings. The van der Waals surface area contributed by atoms with E-state index in [1.54, 1.807) is 0 Å². The average Bonchev–Trinajstić information content (AvgIpc) is 3.49. The minimum atomic E-state index is -3.96. The summed E-state index contributed by atoms with van der Waals surface area (Å²) >= 11 is 0. The molecule has 2 aliphatic rings. The number of hydrogen-bond acceptors (Lipinski definition) is 2. The molecule has 0 N–H and O–H groups in total. The Bertz CT molecular complexity index is 794. The predicted octanol–water partition coefficient (Wildman–Crippen LogP) is 7.84. The fraction of sp³-hybridized carbons (Fsp3) is 0.615. The van der Waals surface area contributed by atoms with Gasteiger partial charge in [-0.05, 0) is 37.3 Å². The fourth-order valence-corrected chi connectivity index (χ4v) is 3.10. The molecule has 2 unspecified atom stereocenters. The lowest BCUT2D eigenvalue weighted by Gasteiger charge is -2.22. The zero-order valence-electron chi connectivity index (χ0n) is 20.7. The molecule has 1 heterocycles. The van der Waals surface area contributed by atoms with Gasteiger partial charge in [-0.2, -0.15) is 13.2 Å². The van der Waals surface area contributed by atoms with Crippen LogP contribution in [0.15, 0.2) is 46.6 Å². The van der Waals surface area contributed by atoms with Crippen LogP contribution in [0.5, 0.6) is 0 Å². The third-order valence-electron chi connectivity index (χ3n) is 5.43. The Labute approximate surface area is 196 Å². The summed E-state index contributed by atoms with van der Waals surface area (Å²) in [6.07, 6.45) is -1.28. The molecule has 0 radical (unpaired) electrons. The van der Waals surface area contributed by atoms with Gasteiger partial charge in [0.15, 0.2) is 12.0 Å². The van der Waals surface area contributed by atoms with Gasteiger partial charge in [0.1, 0.15) is 11.5 Å². The van der Waals surface area contributed by atoms with Gasteiger partial charge >= 0.3 is 6.18 Å². The van der Waals surface area contributed by atoms with Gasteiger partial charge in [-0.15, -0.1) is 0 Å². The Morgan fingerprint density at radius 2 is 1.64 bits per heavy atom. The Morgan fingerprint density at radius 3 is 2.03 bits per heavy atom. The Hall–Kier alpha value is -2.18. The molecule has 3 nitrogen and oxygen atoms in total. The first-order valence-corrected chi connectivity index (χ1v) is 11.7. The van der Waals surface area contributed by atoms with Crippen LogP contribution in [0, 0.1) is 5.92 Å². The highest BCUT2D eigenvalue weighted by Gasteiger charge is 2.36. The van der Waals surface area contributed by atoms with E-state index < -0.39 is 18.8 Å². The van der Waals surface area contributed by atoms with E-state index in [4.69, 9.17) is 0 Å². The quantitative estimate of drug-likeness (QED) is 0.324. The summed E-state index contributed by atoms with van der Waals surface area (Å²) in [6, 6.07) is 9.83. The lowest BCUT2D eigenvalue weighted by molar-refractivity contribution is -0.130. The van der Waals surface area contributed by atoms with Crippen LogP contribution in [0.3, 0.4) is 0 Å². The van der Waals surface area contributed by atoms with Crippen LogP contribution in [-0.4, -0.2) is 35.9 Å². The van der Waals surface area contributed by atoms with E-state index in [0.29, 0.717) is 24.4 Å². The van der Waals surface area contributed by atoms with Crippen molar-refractivity contribution in [1.29, 1.82) is 0 Å². The summed E-state index contributed by atoms with van der Waals surface area (Å²) in [5.74, 6) is 1.43. The number of rotatable bonds is 5. The van der Waals surface area contributed by atoms with Crippen LogP contribution < -0.4 is 0 Å². The summed E-state index contributed by atoms with van der Waals surface area (Å²) in [5.41, 5.74) is 2.31. The van der Waals surface area contributed by atoms with Gasteiger partial charge in [-0.25, -0.2) is 9.38 Å². The summed E-state index contributed by atoms with van der Waals surface area (Å²) in [5, 5.41) is 0. The highest BCUT2D eigenvalue weighted by atomic mass is 19.4. The van der Waals surface area contributed by atoms with Gasteiger partial charge in [0.05, 0.1) is 6.04 Å². The molecule has 0 amide bonds. The van der Waals surface area contributed by atoms with Crippen molar-refractivity contribution >= 4 is 11.6 Å². The number of Topliss-reactive ketones (excluding diaryl/α,β-unsaturated/α-hetero) is 1. The second-order valence-electron chi connectivity index (χ2n) is 8.88. The van der Waals surface area contributed by atoms with Gasteiger partial charge < -0.3 is 4.90 Å². The molecule has 3 rings (SSSR count). The van der Waals surface area contributed by atoms with Crippen molar-refractivity contribution in [2.75, 3.05) is 7.05 Å². The zero-order valence-corrected chi connectivity index (χ0v) is 20.7. The first-order valence-electron chi connectivity index (χ1n) is 11.7. The predicted molar refractivity (Wildman–Crippen MR) is 127 cm³/mol. The number of halogens is 4. The van der Waals surface area contributed by atoms with Gasteiger partial charge in [-0.3, -0.25) is 4.79 Å². The Balaban J connectivity index is 0.000000449. The van der Waals surface area contributed by atoms with Crippen molar-refractivity contribution in [2.24, 2.45) is 10.9 Å². The third kappa shape index (κ3) is 10.5. The first-order chi connectivity index (χ1) is 15.4. The van der Waals surface area contributed by atoms with Crippen molar-refractivity contribution < 1.29 is 22.4 Å². The van der Waals surface area contributed by atoms with Gasteiger partial charge in [-0.1, -0.05) is 63.9 Å². The summed E-state index contributed by atoms with van der Waals surface area (Å²) in [4.78, 5) is 18.5. The maximum absolute atomic E-state index is 14.5. The number of alkyl halides is 4. The standard InChI is InChI=1S/C19H25FN2O.C4H8.C3H5F3/c1-5-9-17(23)18(13(2)3)21-19-15(20)12-16(22(19)4)14-10-7-6-8-11-14;1-4-2-3-4;1-2-3(4,5)6/h6-8,10-11,15-16H,5,9,12H2,1-4H3;4H,2-3H2,1H3;2H2,1H3. The minimum Gasteiger partial charge on any atom is -0.353 e. The normalized spacial score (nSPS) is 21.0. The number of allylic oxidation sites excluding steroid dienone is 2. The smallest absolute Gasteiger partial charge is 0.353 e. The molecule has 33 heavy (non-hydrogen) atoms. The topological polar surface area (TPSA) is 32.7 Å². The number of carbonyl (C=O) groups excluding carboxylic acids is 1. The van der Waals surface area contributed by atoms with E-state index in [9.17, 15) is 22.4 Å². The third-order valence-corrected chi connectivity index (χ3v) is 5.43. The highest BCUT2D eigenvalue weighted by molar-refractivity contribution is 6.00. The first kappa shape index (κ1) is 28.9. The molecule has 7 heteroatoms. The monoisotopic (exact) mass is 470 g/mol. The molecule has 0 aromatic heterocycles. The highest BCUT2D eigenvalue weighted by Crippen LogP contribution is 2.34. The van der Waals surface area contributed by atoms with Crippen LogP contribution >= 0.6 is 0 Å². The number of aliphatic imine (C=N–C) groups is 1. The van der Waals surface area contributed by atoms with Crippen LogP contribution in [0.1, 0.15) is 84.7 Å². The molecule has 2 fully saturated rings. The van der Waals surface area contributed by atoms with Crippen LogP contribution in [0.2, 0.25) is 0 Å². The molecule has 1 aliphatic carbocycles. The van der Waals surface area contributed by atoms with Crippen molar-refractivity contribution in [1.82, 2.24) is 4.90 Å². The summed E-state index contributed by atoms with van der Waals surface area (Å²) in [6.45, 7) is 9.02. The van der Waals surface area contributed by atoms with Crippen LogP contribution in [-0.2, 0) is 4.79 Å². The number of hydrogen-bond donors (Lipinski definition) is 0. The number of benzene rings is 1. The fourth-order valence-electron chi connectivity index (χ4n) is 3.10.